The molecule has 0 aliphatic carbocycles. The molecular weight excluding hydrogens is 206 g/mol. The number of aryl methyl sites for hydroxylation is 1. The second kappa shape index (κ2) is 4.84. The minimum Gasteiger partial charge on any atom is -0.192 e. The van der Waals surface area contributed by atoms with Gasteiger partial charge in [-0.1, -0.05) is 48.9 Å². The highest BCUT2D eigenvalue weighted by Gasteiger charge is 2.07. The molecule has 1 heteroatoms. The lowest BCUT2D eigenvalue weighted by Crippen LogP contribution is -1.95. The van der Waals surface area contributed by atoms with Gasteiger partial charge in [0.1, 0.15) is 0 Å². The zero-order valence-electron chi connectivity index (χ0n) is 10.1. The van der Waals surface area contributed by atoms with E-state index in [1.54, 1.807) is 0 Å². The van der Waals surface area contributed by atoms with Crippen molar-refractivity contribution in [1.29, 1.82) is 5.26 Å². The smallest absolute Gasteiger partial charge is 0.0991 e. The van der Waals surface area contributed by atoms with Crippen LogP contribution in [0.3, 0.4) is 0 Å². The van der Waals surface area contributed by atoms with Crippen molar-refractivity contribution in [3.05, 3.63) is 70.8 Å². The van der Waals surface area contributed by atoms with Crippen molar-refractivity contribution in [2.75, 3.05) is 0 Å². The molecule has 1 atom stereocenters. The van der Waals surface area contributed by atoms with Gasteiger partial charge in [0.15, 0.2) is 0 Å². The topological polar surface area (TPSA) is 23.8 Å². The van der Waals surface area contributed by atoms with Crippen LogP contribution in [0.15, 0.2) is 48.5 Å². The van der Waals surface area contributed by atoms with Crippen LogP contribution in [0.5, 0.6) is 0 Å². The molecule has 0 fully saturated rings. The molecule has 0 saturated carbocycles. The van der Waals surface area contributed by atoms with E-state index < -0.39 is 0 Å². The highest BCUT2D eigenvalue weighted by Crippen LogP contribution is 2.24. The number of benzene rings is 2. The first-order chi connectivity index (χ1) is 8.20. The second-order valence-electron chi connectivity index (χ2n) is 4.37. The van der Waals surface area contributed by atoms with Crippen LogP contribution in [-0.4, -0.2) is 0 Å². The fourth-order valence-electron chi connectivity index (χ4n) is 1.89. The average Bonchev–Trinajstić information content (AvgIpc) is 2.39. The second-order valence-corrected chi connectivity index (χ2v) is 4.37. The van der Waals surface area contributed by atoms with Gasteiger partial charge in [0.05, 0.1) is 11.6 Å². The van der Waals surface area contributed by atoms with Gasteiger partial charge in [-0.05, 0) is 30.2 Å². The first kappa shape index (κ1) is 11.4. The van der Waals surface area contributed by atoms with Crippen molar-refractivity contribution in [2.24, 2.45) is 0 Å². The summed E-state index contributed by atoms with van der Waals surface area (Å²) in [5.41, 5.74) is 4.54. The Morgan fingerprint density at radius 2 is 1.35 bits per heavy atom. The number of rotatable bonds is 2. The van der Waals surface area contributed by atoms with E-state index in [1.165, 1.54) is 16.7 Å². The predicted octanol–water partition coefficient (Wildman–Crippen LogP) is 4.02. The van der Waals surface area contributed by atoms with Gasteiger partial charge >= 0.3 is 0 Å². The van der Waals surface area contributed by atoms with E-state index in [4.69, 9.17) is 5.26 Å². The summed E-state index contributed by atoms with van der Waals surface area (Å²) in [5, 5.41) is 8.76. The lowest BCUT2D eigenvalue weighted by Gasteiger charge is -2.12. The van der Waals surface area contributed by atoms with Crippen molar-refractivity contribution >= 4 is 0 Å². The minimum atomic E-state index is 0.364. The van der Waals surface area contributed by atoms with Crippen LogP contribution in [0.25, 0.3) is 0 Å². The number of nitrogens with zero attached hydrogens (tertiary/aromatic N) is 1. The van der Waals surface area contributed by atoms with E-state index in [0.29, 0.717) is 11.5 Å². The molecule has 0 aromatic heterocycles. The first-order valence-corrected chi connectivity index (χ1v) is 5.77. The van der Waals surface area contributed by atoms with Crippen LogP contribution in [0, 0.1) is 18.3 Å². The molecule has 2 rings (SSSR count). The molecule has 1 unspecified atom stereocenters. The molecule has 2 aromatic rings. The van der Waals surface area contributed by atoms with Crippen LogP contribution in [0.2, 0.25) is 0 Å². The molecule has 0 aliphatic rings. The summed E-state index contributed by atoms with van der Waals surface area (Å²) in [7, 11) is 0. The van der Waals surface area contributed by atoms with Gasteiger partial charge in [-0.15, -0.1) is 0 Å². The fourth-order valence-corrected chi connectivity index (χ4v) is 1.89. The Morgan fingerprint density at radius 1 is 0.882 bits per heavy atom. The maximum Gasteiger partial charge on any atom is 0.0991 e. The van der Waals surface area contributed by atoms with E-state index in [2.05, 4.69) is 44.2 Å². The third kappa shape index (κ3) is 2.54. The highest BCUT2D eigenvalue weighted by molar-refractivity contribution is 5.37. The van der Waals surface area contributed by atoms with Crippen LogP contribution < -0.4 is 0 Å². The Kier molecular flexibility index (Phi) is 3.25. The Morgan fingerprint density at radius 3 is 1.82 bits per heavy atom. The Bertz CT molecular complexity index is 529. The van der Waals surface area contributed by atoms with Crippen molar-refractivity contribution in [3.63, 3.8) is 0 Å². The third-order valence-electron chi connectivity index (χ3n) is 3.12. The van der Waals surface area contributed by atoms with E-state index in [9.17, 15) is 0 Å². The van der Waals surface area contributed by atoms with Gasteiger partial charge in [-0.3, -0.25) is 0 Å². The van der Waals surface area contributed by atoms with Crippen LogP contribution in [0.4, 0.5) is 0 Å². The summed E-state index contributed by atoms with van der Waals surface area (Å²) < 4.78 is 0. The summed E-state index contributed by atoms with van der Waals surface area (Å²) in [6.45, 7) is 4.28. The van der Waals surface area contributed by atoms with Crippen LogP contribution in [-0.2, 0) is 0 Å². The van der Waals surface area contributed by atoms with E-state index >= 15 is 0 Å². The van der Waals surface area contributed by atoms with Gasteiger partial charge in [0, 0.05) is 5.92 Å². The van der Waals surface area contributed by atoms with Gasteiger partial charge < -0.3 is 0 Å². The molecule has 0 N–H and O–H groups in total. The van der Waals surface area contributed by atoms with Crippen molar-refractivity contribution in [1.82, 2.24) is 0 Å². The third-order valence-corrected chi connectivity index (χ3v) is 3.12. The summed E-state index contributed by atoms with van der Waals surface area (Å²) in [5.74, 6) is 0.364. The molecular formula is C16H15N. The quantitative estimate of drug-likeness (QED) is 0.751. The van der Waals surface area contributed by atoms with Crippen molar-refractivity contribution in [2.45, 2.75) is 19.8 Å². The Hall–Kier alpha value is -2.07. The zero-order chi connectivity index (χ0) is 12.3. The average molecular weight is 221 g/mol. The standard InChI is InChI=1S/C16H15N/c1-12-3-7-15(8-4-12)13(2)16-9-5-14(11-17)6-10-16/h3-10,13H,1-2H3. The van der Waals surface area contributed by atoms with E-state index in [1.807, 2.05) is 24.3 Å². The van der Waals surface area contributed by atoms with E-state index in [0.717, 1.165) is 0 Å². The maximum absolute atomic E-state index is 8.76. The molecule has 0 aliphatic heterocycles. The minimum absolute atomic E-state index is 0.364. The molecule has 0 spiro atoms. The lowest BCUT2D eigenvalue weighted by molar-refractivity contribution is 0.921. The van der Waals surface area contributed by atoms with Gasteiger partial charge in [0.25, 0.3) is 0 Å². The Labute approximate surface area is 102 Å². The predicted molar refractivity (Wildman–Crippen MR) is 69.9 cm³/mol. The van der Waals surface area contributed by atoms with Crippen LogP contribution in [0.1, 0.15) is 35.1 Å². The van der Waals surface area contributed by atoms with E-state index in [-0.39, 0.29) is 0 Å². The molecule has 84 valence electrons. The highest BCUT2D eigenvalue weighted by atomic mass is 14.2. The molecule has 0 saturated heterocycles. The molecule has 0 amide bonds. The fraction of sp³-hybridized carbons (Fsp3) is 0.188. The SMILES string of the molecule is Cc1ccc(C(C)c2ccc(C#N)cc2)cc1. The normalized spacial score (nSPS) is 11.8. The molecule has 0 radical (unpaired) electrons. The van der Waals surface area contributed by atoms with Gasteiger partial charge in [0.2, 0.25) is 0 Å². The maximum atomic E-state index is 8.76. The number of hydrogen-bond acceptors (Lipinski definition) is 1. The van der Waals surface area contributed by atoms with Crippen molar-refractivity contribution in [3.8, 4) is 6.07 Å². The Balaban J connectivity index is 2.27. The summed E-state index contributed by atoms with van der Waals surface area (Å²) in [6.07, 6.45) is 0. The molecule has 0 heterocycles. The molecule has 17 heavy (non-hydrogen) atoms. The monoisotopic (exact) mass is 221 g/mol. The summed E-state index contributed by atoms with van der Waals surface area (Å²) in [6, 6.07) is 18.6. The molecule has 0 bridgehead atoms. The molecule has 2 aromatic carbocycles. The summed E-state index contributed by atoms with van der Waals surface area (Å²) >= 11 is 0. The van der Waals surface area contributed by atoms with Gasteiger partial charge in [-0.25, -0.2) is 0 Å². The van der Waals surface area contributed by atoms with Crippen molar-refractivity contribution < 1.29 is 0 Å². The summed E-state index contributed by atoms with van der Waals surface area (Å²) in [4.78, 5) is 0. The number of hydrogen-bond donors (Lipinski definition) is 0. The first-order valence-electron chi connectivity index (χ1n) is 5.77. The lowest BCUT2D eigenvalue weighted by atomic mass is 9.92. The zero-order valence-corrected chi connectivity index (χ0v) is 10.1. The molecule has 1 nitrogen and oxygen atoms in total. The largest absolute Gasteiger partial charge is 0.192 e. The van der Waals surface area contributed by atoms with Crippen LogP contribution >= 0.6 is 0 Å². The van der Waals surface area contributed by atoms with Gasteiger partial charge in [-0.2, -0.15) is 5.26 Å². The number of nitriles is 1.